The van der Waals surface area contributed by atoms with Gasteiger partial charge in [-0.2, -0.15) is 0 Å². The van der Waals surface area contributed by atoms with Crippen molar-refractivity contribution < 1.29 is 4.74 Å². The van der Waals surface area contributed by atoms with Gasteiger partial charge in [0.1, 0.15) is 28.9 Å². The molecule has 0 aliphatic rings. The maximum absolute atomic E-state index is 12.0. The van der Waals surface area contributed by atoms with Crippen molar-refractivity contribution in [3.8, 4) is 5.75 Å². The Hall–Kier alpha value is -2.12. The molecule has 0 aliphatic heterocycles. The standard InChI is InChI=1S/C17H16BrClN4O2/c1-9-11(19)7-10(15(25-2)14(9)18)3-5-23-6-4-12(24)13-16(20)21-8-22-17(13)23/h4,6-8H,3,5H2,1-2H3,(H2,20,21,22). The molecule has 0 saturated carbocycles. The second-order valence-electron chi connectivity index (χ2n) is 5.57. The zero-order valence-corrected chi connectivity index (χ0v) is 16.1. The van der Waals surface area contributed by atoms with Crippen LogP contribution in [0, 0.1) is 6.92 Å². The number of aryl methyl sites for hydroxylation is 2. The largest absolute Gasteiger partial charge is 0.495 e. The molecule has 3 aromatic rings. The van der Waals surface area contributed by atoms with E-state index in [-0.39, 0.29) is 11.2 Å². The summed E-state index contributed by atoms with van der Waals surface area (Å²) < 4.78 is 8.23. The van der Waals surface area contributed by atoms with Crippen LogP contribution in [0.4, 0.5) is 5.82 Å². The monoisotopic (exact) mass is 422 g/mol. The number of benzene rings is 1. The number of ether oxygens (including phenoxy) is 1. The van der Waals surface area contributed by atoms with Crippen molar-refractivity contribution in [2.45, 2.75) is 19.9 Å². The van der Waals surface area contributed by atoms with Crippen LogP contribution in [0.25, 0.3) is 11.0 Å². The molecule has 2 aromatic heterocycles. The van der Waals surface area contributed by atoms with Crippen molar-refractivity contribution in [2.75, 3.05) is 12.8 Å². The Labute approximate surface area is 157 Å². The second-order valence-corrected chi connectivity index (χ2v) is 6.77. The summed E-state index contributed by atoms with van der Waals surface area (Å²) in [6.45, 7) is 2.50. The first-order chi connectivity index (χ1) is 11.9. The fraction of sp³-hybridized carbons (Fsp3) is 0.235. The average Bonchev–Trinajstić information content (AvgIpc) is 2.59. The fourth-order valence-corrected chi connectivity index (χ4v) is 3.70. The van der Waals surface area contributed by atoms with Gasteiger partial charge in [0.15, 0.2) is 5.43 Å². The first-order valence-electron chi connectivity index (χ1n) is 7.55. The minimum absolute atomic E-state index is 0.183. The van der Waals surface area contributed by atoms with Crippen LogP contribution in [-0.4, -0.2) is 21.6 Å². The Morgan fingerprint density at radius 3 is 2.88 bits per heavy atom. The van der Waals surface area contributed by atoms with Gasteiger partial charge in [-0.1, -0.05) is 11.6 Å². The van der Waals surface area contributed by atoms with Gasteiger partial charge in [-0.05, 0) is 46.5 Å². The Balaban J connectivity index is 2.01. The lowest BCUT2D eigenvalue weighted by Gasteiger charge is -2.15. The lowest BCUT2D eigenvalue weighted by molar-refractivity contribution is 0.405. The zero-order valence-electron chi connectivity index (χ0n) is 13.7. The molecule has 3 rings (SSSR count). The molecule has 6 nitrogen and oxygen atoms in total. The van der Waals surface area contributed by atoms with Gasteiger partial charge >= 0.3 is 0 Å². The first kappa shape index (κ1) is 17.7. The second kappa shape index (κ2) is 7.01. The van der Waals surface area contributed by atoms with E-state index < -0.39 is 0 Å². The van der Waals surface area contributed by atoms with Gasteiger partial charge < -0.3 is 15.0 Å². The molecule has 0 saturated heterocycles. The first-order valence-corrected chi connectivity index (χ1v) is 8.72. The van der Waals surface area contributed by atoms with Crippen LogP contribution in [0.15, 0.2) is 33.9 Å². The van der Waals surface area contributed by atoms with E-state index >= 15 is 0 Å². The molecule has 0 amide bonds. The van der Waals surface area contributed by atoms with Crippen LogP contribution in [0.1, 0.15) is 11.1 Å². The van der Waals surface area contributed by atoms with Crippen LogP contribution < -0.4 is 15.9 Å². The molecule has 0 bridgehead atoms. The molecule has 25 heavy (non-hydrogen) atoms. The van der Waals surface area contributed by atoms with Crippen LogP contribution in [0.2, 0.25) is 5.02 Å². The molecular formula is C17H16BrClN4O2. The van der Waals surface area contributed by atoms with E-state index in [1.807, 2.05) is 17.6 Å². The molecular weight excluding hydrogens is 408 g/mol. The molecule has 2 heterocycles. The van der Waals surface area contributed by atoms with E-state index in [0.29, 0.717) is 29.0 Å². The van der Waals surface area contributed by atoms with Gasteiger partial charge in [0.05, 0.1) is 11.6 Å². The number of fused-ring (bicyclic) bond motifs is 1. The van der Waals surface area contributed by atoms with Gasteiger partial charge in [0.2, 0.25) is 0 Å². The number of nitrogens with two attached hydrogens (primary N) is 1. The van der Waals surface area contributed by atoms with Crippen molar-refractivity contribution in [1.29, 1.82) is 0 Å². The van der Waals surface area contributed by atoms with Crippen molar-refractivity contribution in [2.24, 2.45) is 0 Å². The summed E-state index contributed by atoms with van der Waals surface area (Å²) in [6, 6.07) is 3.37. The molecule has 0 unspecified atom stereocenters. The summed E-state index contributed by atoms with van der Waals surface area (Å²) in [5, 5.41) is 0.999. The molecule has 8 heteroatoms. The summed E-state index contributed by atoms with van der Waals surface area (Å²) in [5.74, 6) is 0.935. The molecule has 0 atom stereocenters. The molecule has 0 aliphatic carbocycles. The van der Waals surface area contributed by atoms with Gasteiger partial charge in [-0.15, -0.1) is 0 Å². The van der Waals surface area contributed by atoms with E-state index in [0.717, 1.165) is 21.3 Å². The number of hydrogen-bond acceptors (Lipinski definition) is 5. The molecule has 130 valence electrons. The SMILES string of the molecule is COc1c(CCn2ccc(=O)c3c(N)ncnc32)cc(Cl)c(C)c1Br. The maximum Gasteiger partial charge on any atom is 0.194 e. The van der Waals surface area contributed by atoms with E-state index in [9.17, 15) is 4.79 Å². The zero-order chi connectivity index (χ0) is 18.1. The molecule has 1 aromatic carbocycles. The number of pyridine rings is 1. The van der Waals surface area contributed by atoms with E-state index in [2.05, 4.69) is 25.9 Å². The quantitative estimate of drug-likeness (QED) is 0.696. The Morgan fingerprint density at radius 2 is 2.16 bits per heavy atom. The predicted octanol–water partition coefficient (Wildman–Crippen LogP) is 3.35. The number of hydrogen-bond donors (Lipinski definition) is 1. The van der Waals surface area contributed by atoms with Gasteiger partial charge in [-0.3, -0.25) is 4.79 Å². The third-order valence-corrected chi connectivity index (χ3v) is 5.43. The minimum Gasteiger partial charge on any atom is -0.495 e. The highest BCUT2D eigenvalue weighted by Gasteiger charge is 2.14. The van der Waals surface area contributed by atoms with Crippen LogP contribution in [0.3, 0.4) is 0 Å². The molecule has 2 N–H and O–H groups in total. The van der Waals surface area contributed by atoms with Gasteiger partial charge in [0.25, 0.3) is 0 Å². The number of nitrogens with zero attached hydrogens (tertiary/aromatic N) is 3. The molecule has 0 spiro atoms. The summed E-state index contributed by atoms with van der Waals surface area (Å²) in [5.41, 5.74) is 8.03. The average molecular weight is 424 g/mol. The van der Waals surface area contributed by atoms with Crippen molar-refractivity contribution in [1.82, 2.24) is 14.5 Å². The summed E-state index contributed by atoms with van der Waals surface area (Å²) >= 11 is 9.83. The summed E-state index contributed by atoms with van der Waals surface area (Å²) in [6.07, 6.45) is 3.70. The molecule has 0 fully saturated rings. The van der Waals surface area contributed by atoms with Crippen LogP contribution >= 0.6 is 27.5 Å². The number of rotatable bonds is 4. The van der Waals surface area contributed by atoms with Crippen LogP contribution in [0.5, 0.6) is 5.75 Å². The lowest BCUT2D eigenvalue weighted by atomic mass is 10.1. The Morgan fingerprint density at radius 1 is 1.40 bits per heavy atom. The van der Waals surface area contributed by atoms with Crippen molar-refractivity contribution in [3.05, 3.63) is 55.5 Å². The highest BCUT2D eigenvalue weighted by molar-refractivity contribution is 9.10. The smallest absolute Gasteiger partial charge is 0.194 e. The van der Waals surface area contributed by atoms with Gasteiger partial charge in [-0.25, -0.2) is 9.97 Å². The van der Waals surface area contributed by atoms with E-state index in [1.54, 1.807) is 13.3 Å². The summed E-state index contributed by atoms with van der Waals surface area (Å²) in [7, 11) is 1.62. The van der Waals surface area contributed by atoms with Crippen LogP contribution in [-0.2, 0) is 13.0 Å². The number of nitrogen functional groups attached to an aromatic ring is 1. The maximum atomic E-state index is 12.0. The van der Waals surface area contributed by atoms with Crippen molar-refractivity contribution >= 4 is 44.4 Å². The Bertz CT molecular complexity index is 1020. The molecule has 0 radical (unpaired) electrons. The van der Waals surface area contributed by atoms with E-state index in [1.165, 1.54) is 12.4 Å². The fourth-order valence-electron chi connectivity index (χ4n) is 2.73. The number of methoxy groups -OCH3 is 1. The summed E-state index contributed by atoms with van der Waals surface area (Å²) in [4.78, 5) is 20.1. The van der Waals surface area contributed by atoms with Crippen molar-refractivity contribution in [3.63, 3.8) is 0 Å². The number of anilines is 1. The number of aromatic nitrogens is 3. The highest BCUT2D eigenvalue weighted by Crippen LogP contribution is 2.37. The Kier molecular flexibility index (Phi) is 4.96. The van der Waals surface area contributed by atoms with Gasteiger partial charge in [0, 0.05) is 23.8 Å². The number of halogens is 2. The third kappa shape index (κ3) is 3.21. The van der Waals surface area contributed by atoms with E-state index in [4.69, 9.17) is 22.1 Å². The minimum atomic E-state index is -0.192. The predicted molar refractivity (Wildman–Crippen MR) is 102 cm³/mol. The normalized spacial score (nSPS) is 11.0. The topological polar surface area (TPSA) is 83.0 Å². The highest BCUT2D eigenvalue weighted by atomic mass is 79.9. The third-order valence-electron chi connectivity index (χ3n) is 4.09. The lowest BCUT2D eigenvalue weighted by Crippen LogP contribution is -2.13.